The van der Waals surface area contributed by atoms with E-state index in [1.165, 1.54) is 31.2 Å². The monoisotopic (exact) mass is 310 g/mol. The van der Waals surface area contributed by atoms with Crippen LogP contribution in [0.1, 0.15) is 38.2 Å². The summed E-state index contributed by atoms with van der Waals surface area (Å²) >= 11 is 0. The fourth-order valence-corrected chi connectivity index (χ4v) is 3.33. The first kappa shape index (κ1) is 16.6. The SMILES string of the molecule is C[C@@H]1CN(Cc2cccc(OC3CCCC3)c2)CCN1.Cl. The minimum atomic E-state index is 0. The molecule has 1 aromatic rings. The lowest BCUT2D eigenvalue weighted by Gasteiger charge is -2.31. The summed E-state index contributed by atoms with van der Waals surface area (Å²) in [5.74, 6) is 1.05. The Kier molecular flexibility index (Phi) is 6.34. The first-order valence-corrected chi connectivity index (χ1v) is 8.01. The van der Waals surface area contributed by atoms with Gasteiger partial charge in [-0.3, -0.25) is 4.90 Å². The predicted molar refractivity (Wildman–Crippen MR) is 89.3 cm³/mol. The zero-order chi connectivity index (χ0) is 13.8. The highest BCUT2D eigenvalue weighted by atomic mass is 35.5. The standard InChI is InChI=1S/C17H26N2O.ClH/c1-14-12-19(10-9-18-14)13-15-5-4-8-17(11-15)20-16-6-2-3-7-16;/h4-5,8,11,14,16,18H,2-3,6-7,9-10,12-13H2,1H3;1H/t14-;/m1./s1. The van der Waals surface area contributed by atoms with Gasteiger partial charge in [-0.25, -0.2) is 0 Å². The molecule has 118 valence electrons. The maximum atomic E-state index is 6.10. The van der Waals surface area contributed by atoms with Crippen LogP contribution in [-0.2, 0) is 6.54 Å². The van der Waals surface area contributed by atoms with Gasteiger partial charge in [0.05, 0.1) is 6.10 Å². The van der Waals surface area contributed by atoms with Crippen LogP contribution in [-0.4, -0.2) is 36.7 Å². The van der Waals surface area contributed by atoms with E-state index in [0.29, 0.717) is 12.1 Å². The van der Waals surface area contributed by atoms with Crippen molar-refractivity contribution in [3.63, 3.8) is 0 Å². The van der Waals surface area contributed by atoms with Crippen molar-refractivity contribution in [3.05, 3.63) is 29.8 Å². The summed E-state index contributed by atoms with van der Waals surface area (Å²) in [7, 11) is 0. The molecule has 1 aliphatic heterocycles. The van der Waals surface area contributed by atoms with Crippen molar-refractivity contribution < 1.29 is 4.74 Å². The fraction of sp³-hybridized carbons (Fsp3) is 0.647. The van der Waals surface area contributed by atoms with Gasteiger partial charge in [0.1, 0.15) is 5.75 Å². The third-order valence-corrected chi connectivity index (χ3v) is 4.36. The summed E-state index contributed by atoms with van der Waals surface area (Å²) in [6.07, 6.45) is 5.54. The van der Waals surface area contributed by atoms with Gasteiger partial charge in [0.15, 0.2) is 0 Å². The zero-order valence-electron chi connectivity index (χ0n) is 12.9. The highest BCUT2D eigenvalue weighted by Gasteiger charge is 2.18. The number of nitrogens with one attached hydrogen (secondary N) is 1. The molecule has 3 nitrogen and oxygen atoms in total. The normalized spacial score (nSPS) is 23.8. The van der Waals surface area contributed by atoms with E-state index in [1.54, 1.807) is 0 Å². The van der Waals surface area contributed by atoms with Crippen molar-refractivity contribution in [2.75, 3.05) is 19.6 Å². The van der Waals surface area contributed by atoms with Crippen LogP contribution in [0.2, 0.25) is 0 Å². The summed E-state index contributed by atoms with van der Waals surface area (Å²) in [6.45, 7) is 6.66. The second-order valence-corrected chi connectivity index (χ2v) is 6.26. The first-order valence-electron chi connectivity index (χ1n) is 8.01. The van der Waals surface area contributed by atoms with Crippen LogP contribution < -0.4 is 10.1 Å². The van der Waals surface area contributed by atoms with Gasteiger partial charge in [-0.2, -0.15) is 0 Å². The van der Waals surface area contributed by atoms with Crippen molar-refractivity contribution in [2.24, 2.45) is 0 Å². The maximum absolute atomic E-state index is 6.10. The average Bonchev–Trinajstić information content (AvgIpc) is 2.92. The Morgan fingerprint density at radius 2 is 2.10 bits per heavy atom. The van der Waals surface area contributed by atoms with Crippen LogP contribution in [0.5, 0.6) is 5.75 Å². The molecule has 2 fully saturated rings. The van der Waals surface area contributed by atoms with E-state index >= 15 is 0 Å². The fourth-order valence-electron chi connectivity index (χ4n) is 3.33. The summed E-state index contributed by atoms with van der Waals surface area (Å²) in [4.78, 5) is 2.52. The number of piperazine rings is 1. The molecule has 1 aliphatic carbocycles. The summed E-state index contributed by atoms with van der Waals surface area (Å²) in [5, 5.41) is 3.49. The van der Waals surface area contributed by atoms with Gasteiger partial charge in [0.25, 0.3) is 0 Å². The lowest BCUT2D eigenvalue weighted by molar-refractivity contribution is 0.197. The minimum Gasteiger partial charge on any atom is -0.490 e. The number of nitrogens with zero attached hydrogens (tertiary/aromatic N) is 1. The van der Waals surface area contributed by atoms with Crippen LogP contribution in [0.3, 0.4) is 0 Å². The molecule has 1 atom stereocenters. The van der Waals surface area contributed by atoms with Crippen LogP contribution >= 0.6 is 12.4 Å². The highest BCUT2D eigenvalue weighted by molar-refractivity contribution is 5.85. The van der Waals surface area contributed by atoms with Gasteiger partial charge in [0, 0.05) is 32.2 Å². The average molecular weight is 311 g/mol. The lowest BCUT2D eigenvalue weighted by atomic mass is 10.1. The molecule has 0 bridgehead atoms. The minimum absolute atomic E-state index is 0. The number of rotatable bonds is 4. The van der Waals surface area contributed by atoms with Crippen molar-refractivity contribution in [1.82, 2.24) is 10.2 Å². The zero-order valence-corrected chi connectivity index (χ0v) is 13.7. The lowest BCUT2D eigenvalue weighted by Crippen LogP contribution is -2.48. The highest BCUT2D eigenvalue weighted by Crippen LogP contribution is 2.25. The van der Waals surface area contributed by atoms with Crippen LogP contribution in [0.4, 0.5) is 0 Å². The third-order valence-electron chi connectivity index (χ3n) is 4.36. The van der Waals surface area contributed by atoms with E-state index in [2.05, 4.69) is 41.4 Å². The summed E-state index contributed by atoms with van der Waals surface area (Å²) < 4.78 is 6.10. The van der Waals surface area contributed by atoms with Crippen molar-refractivity contribution in [3.8, 4) is 5.75 Å². The van der Waals surface area contributed by atoms with Gasteiger partial charge in [-0.1, -0.05) is 12.1 Å². The number of benzene rings is 1. The van der Waals surface area contributed by atoms with E-state index in [1.807, 2.05) is 0 Å². The van der Waals surface area contributed by atoms with Crippen LogP contribution in [0, 0.1) is 0 Å². The Hall–Kier alpha value is -0.770. The second kappa shape index (κ2) is 8.02. The molecule has 1 heterocycles. The van der Waals surface area contributed by atoms with Crippen LogP contribution in [0.15, 0.2) is 24.3 Å². The predicted octanol–water partition coefficient (Wildman–Crippen LogP) is 3.22. The smallest absolute Gasteiger partial charge is 0.120 e. The van der Waals surface area contributed by atoms with Gasteiger partial charge in [0.2, 0.25) is 0 Å². The number of ether oxygens (including phenoxy) is 1. The van der Waals surface area contributed by atoms with Crippen LogP contribution in [0.25, 0.3) is 0 Å². The van der Waals surface area contributed by atoms with Crippen molar-refractivity contribution in [1.29, 1.82) is 0 Å². The molecule has 0 aromatic heterocycles. The summed E-state index contributed by atoms with van der Waals surface area (Å²) in [5.41, 5.74) is 1.37. The molecule has 1 N–H and O–H groups in total. The van der Waals surface area contributed by atoms with Gasteiger partial charge in [-0.05, 0) is 50.3 Å². The third kappa shape index (κ3) is 4.87. The Balaban J connectivity index is 0.00000161. The van der Waals surface area contributed by atoms with Crippen molar-refractivity contribution in [2.45, 2.75) is 51.3 Å². The first-order chi connectivity index (χ1) is 9.79. The topological polar surface area (TPSA) is 24.5 Å². The van der Waals surface area contributed by atoms with E-state index in [0.717, 1.165) is 31.9 Å². The Morgan fingerprint density at radius 1 is 1.29 bits per heavy atom. The molecule has 4 heteroatoms. The maximum Gasteiger partial charge on any atom is 0.120 e. The molecule has 0 radical (unpaired) electrons. The van der Waals surface area contributed by atoms with Gasteiger partial charge >= 0.3 is 0 Å². The molecule has 0 amide bonds. The Labute approximate surface area is 134 Å². The Morgan fingerprint density at radius 3 is 2.86 bits per heavy atom. The molecule has 0 spiro atoms. The van der Waals surface area contributed by atoms with Crippen molar-refractivity contribution >= 4 is 12.4 Å². The molecule has 3 rings (SSSR count). The summed E-state index contributed by atoms with van der Waals surface area (Å²) in [6, 6.07) is 9.27. The molecule has 21 heavy (non-hydrogen) atoms. The van der Waals surface area contributed by atoms with Gasteiger partial charge in [-0.15, -0.1) is 12.4 Å². The molecule has 1 saturated carbocycles. The molecule has 0 unspecified atom stereocenters. The molecular formula is C17H27ClN2O. The molecule has 1 saturated heterocycles. The second-order valence-electron chi connectivity index (χ2n) is 6.26. The quantitative estimate of drug-likeness (QED) is 0.924. The van der Waals surface area contributed by atoms with E-state index in [-0.39, 0.29) is 12.4 Å². The van der Waals surface area contributed by atoms with E-state index in [9.17, 15) is 0 Å². The van der Waals surface area contributed by atoms with E-state index < -0.39 is 0 Å². The number of halogens is 1. The van der Waals surface area contributed by atoms with E-state index in [4.69, 9.17) is 4.74 Å². The number of hydrogen-bond acceptors (Lipinski definition) is 3. The Bertz CT molecular complexity index is 435. The molecule has 1 aromatic carbocycles. The largest absolute Gasteiger partial charge is 0.490 e. The van der Waals surface area contributed by atoms with Gasteiger partial charge < -0.3 is 10.1 Å². The molecule has 2 aliphatic rings. The molecular weight excluding hydrogens is 284 g/mol. The number of hydrogen-bond donors (Lipinski definition) is 1.